The number of carbonyl (C=O) groups is 3. The van der Waals surface area contributed by atoms with Crippen molar-refractivity contribution in [2.24, 2.45) is 5.92 Å². The average molecular weight is 1420 g/mol. The molecule has 5 heterocycles. The summed E-state index contributed by atoms with van der Waals surface area (Å²) in [5.41, 5.74) is 0.679. The number of rotatable bonds is 32. The molecule has 26 atom stereocenters. The van der Waals surface area contributed by atoms with Crippen LogP contribution in [0.4, 0.5) is 0 Å². The van der Waals surface area contributed by atoms with Crippen LogP contribution in [0.25, 0.3) is 6.08 Å². The number of ether oxygens (including phenoxy) is 13. The van der Waals surface area contributed by atoms with Crippen molar-refractivity contribution in [1.29, 1.82) is 0 Å². The zero-order valence-corrected chi connectivity index (χ0v) is 60.8. The second kappa shape index (κ2) is 44.6. The quantitative estimate of drug-likeness (QED) is 0.0144. The molecule has 100 heavy (non-hydrogen) atoms. The van der Waals surface area contributed by atoms with E-state index < -0.39 is 178 Å². The number of aliphatic hydroxyl groups is 8. The van der Waals surface area contributed by atoms with Crippen LogP contribution in [0.15, 0.2) is 36.4 Å². The Hall–Kier alpha value is -3.35. The van der Waals surface area contributed by atoms with Gasteiger partial charge < -0.3 is 102 Å². The molecule has 24 nitrogen and oxygen atoms in total. The van der Waals surface area contributed by atoms with Crippen molar-refractivity contribution in [3.05, 3.63) is 42.0 Å². The second-order valence-electron chi connectivity index (χ2n) is 28.9. The van der Waals surface area contributed by atoms with Crippen LogP contribution in [0, 0.1) is 5.92 Å². The van der Waals surface area contributed by atoms with E-state index in [1.807, 2.05) is 13.0 Å². The van der Waals surface area contributed by atoms with E-state index in [4.69, 9.17) is 61.6 Å². The van der Waals surface area contributed by atoms with Crippen LogP contribution in [0.3, 0.4) is 0 Å². The first-order chi connectivity index (χ1) is 48.3. The van der Waals surface area contributed by atoms with Gasteiger partial charge in [0.15, 0.2) is 43.5 Å². The van der Waals surface area contributed by atoms with Crippen molar-refractivity contribution in [3.8, 4) is 0 Å². The fourth-order valence-electron chi connectivity index (χ4n) is 14.6. The topological polar surface area (TPSA) is 333 Å². The van der Waals surface area contributed by atoms with Crippen LogP contribution in [0.2, 0.25) is 0 Å². The smallest absolute Gasteiger partial charge is 0.331 e. The lowest BCUT2D eigenvalue weighted by atomic mass is 9.81. The molecular formula is C76H126O24. The summed E-state index contributed by atoms with van der Waals surface area (Å²) >= 11 is 0. The van der Waals surface area contributed by atoms with Crippen LogP contribution >= 0.6 is 0 Å². The summed E-state index contributed by atoms with van der Waals surface area (Å²) in [6.07, 6.45) is -7.52. The van der Waals surface area contributed by atoms with E-state index in [2.05, 4.69) is 20.8 Å². The Bertz CT molecular complexity index is 2460. The van der Waals surface area contributed by atoms with Crippen molar-refractivity contribution in [1.82, 2.24) is 0 Å². The molecule has 7 rings (SSSR count). The third-order valence-corrected chi connectivity index (χ3v) is 20.7. The molecule has 0 bridgehead atoms. The summed E-state index contributed by atoms with van der Waals surface area (Å²) in [6, 6.07) is 8.97. The molecule has 0 unspecified atom stereocenters. The molecule has 0 radical (unpaired) electrons. The first-order valence-electron chi connectivity index (χ1n) is 38.5. The van der Waals surface area contributed by atoms with E-state index in [-0.39, 0.29) is 32.0 Å². The highest BCUT2D eigenvalue weighted by Crippen LogP contribution is 2.41. The number of hydrogen-bond acceptors (Lipinski definition) is 24. The summed E-state index contributed by atoms with van der Waals surface area (Å²) in [6.45, 7) is 12.4. The van der Waals surface area contributed by atoms with Gasteiger partial charge in [0.2, 0.25) is 0 Å². The van der Waals surface area contributed by atoms with Gasteiger partial charge in [-0.15, -0.1) is 0 Å². The summed E-state index contributed by atoms with van der Waals surface area (Å²) < 4.78 is 84.9. The molecule has 1 aliphatic carbocycles. The third-order valence-electron chi connectivity index (χ3n) is 20.7. The number of esters is 3. The molecule has 8 N–H and O–H groups in total. The molecule has 1 aromatic rings. The lowest BCUT2D eigenvalue weighted by molar-refractivity contribution is -0.390. The normalized spacial score (nSPS) is 37.5. The molecular weight excluding hydrogens is 1300 g/mol. The zero-order chi connectivity index (χ0) is 72.1. The Morgan fingerprint density at radius 2 is 1.02 bits per heavy atom. The molecule has 0 spiro atoms. The maximum absolute atomic E-state index is 14.6. The van der Waals surface area contributed by atoms with E-state index in [1.165, 1.54) is 18.6 Å². The van der Waals surface area contributed by atoms with Crippen molar-refractivity contribution in [2.45, 2.75) is 394 Å². The maximum atomic E-state index is 14.6. The lowest BCUT2D eigenvalue weighted by Gasteiger charge is -2.51. The largest absolute Gasteiger partial charge is 0.455 e. The van der Waals surface area contributed by atoms with Gasteiger partial charge in [0.05, 0.1) is 43.2 Å². The highest BCUT2D eigenvalue weighted by atomic mass is 16.8. The monoisotopic (exact) mass is 1420 g/mol. The predicted molar refractivity (Wildman–Crippen MR) is 369 cm³/mol. The number of hydrogen-bond donors (Lipinski definition) is 8. The van der Waals surface area contributed by atoms with E-state index in [0.717, 1.165) is 141 Å². The molecule has 1 saturated carbocycles. The van der Waals surface area contributed by atoms with E-state index >= 15 is 0 Å². The van der Waals surface area contributed by atoms with Crippen molar-refractivity contribution < 1.29 is 117 Å². The lowest BCUT2D eigenvalue weighted by Crippen LogP contribution is -2.68. The van der Waals surface area contributed by atoms with Gasteiger partial charge in [-0.25, -0.2) is 4.79 Å². The van der Waals surface area contributed by atoms with E-state index in [9.17, 15) is 55.2 Å². The van der Waals surface area contributed by atoms with Gasteiger partial charge in [-0.1, -0.05) is 199 Å². The van der Waals surface area contributed by atoms with Gasteiger partial charge in [0.1, 0.15) is 73.2 Å². The Morgan fingerprint density at radius 1 is 0.470 bits per heavy atom. The fraction of sp³-hybridized carbons (Fsp3) is 0.855. The molecule has 0 aromatic heterocycles. The number of fused-ring (bicyclic) bond motifs is 2. The number of benzene rings is 1. The molecule has 6 fully saturated rings. The molecule has 5 aliphatic heterocycles. The van der Waals surface area contributed by atoms with Crippen LogP contribution in [0.1, 0.15) is 247 Å². The number of aliphatic hydroxyl groups excluding tert-OH is 8. The van der Waals surface area contributed by atoms with Gasteiger partial charge in [0.25, 0.3) is 0 Å². The first-order valence-corrected chi connectivity index (χ1v) is 38.5. The number of carbonyl (C=O) groups excluding carboxylic acids is 3. The van der Waals surface area contributed by atoms with Crippen LogP contribution in [-0.4, -0.2) is 225 Å². The van der Waals surface area contributed by atoms with Crippen molar-refractivity contribution >= 4 is 24.0 Å². The fourth-order valence-corrected chi connectivity index (χ4v) is 14.6. The SMILES string of the molecule is CCCCCCCCCCCC(=O)O[C@H]1[C@H](O[C@H]2[C@@H](O)[C@H]3OCCCCCCCCCC[C@H](CCCCC)O[C@@H]4O[C@H](C)[C@H](O)[C@H](O)[C@H]4O[C@H]3C[C@@H]2C)O[C@@H](C)[C@H](O[C@@H]2O[C@@H](C)[C@H](OC(=O)CCCCCCC)[C@@H](OC(=O)/C=C/c3ccccc3)[C@H]2O)[C@H]1O[C@@H]1O[C@H](CO)[C@@H](O)[C@H](O)[C@H]1O. The van der Waals surface area contributed by atoms with Crippen molar-refractivity contribution in [3.63, 3.8) is 0 Å². The molecule has 0 amide bonds. The van der Waals surface area contributed by atoms with E-state index in [0.29, 0.717) is 31.2 Å². The summed E-state index contributed by atoms with van der Waals surface area (Å²) in [5, 5.41) is 93.2. The predicted octanol–water partition coefficient (Wildman–Crippen LogP) is 9.02. The van der Waals surface area contributed by atoms with Gasteiger partial charge in [-0.2, -0.15) is 0 Å². The molecule has 6 aliphatic rings. The summed E-state index contributed by atoms with van der Waals surface area (Å²) in [4.78, 5) is 42.0. The third kappa shape index (κ3) is 25.4. The average Bonchev–Trinajstić information content (AvgIpc) is 0.758. The Labute approximate surface area is 594 Å². The van der Waals surface area contributed by atoms with Gasteiger partial charge in [-0.05, 0) is 76.9 Å². The summed E-state index contributed by atoms with van der Waals surface area (Å²) in [7, 11) is 0. The summed E-state index contributed by atoms with van der Waals surface area (Å²) in [5.74, 6) is -2.84. The zero-order valence-electron chi connectivity index (χ0n) is 60.8. The standard InChI is InChI=1S/C76H126O24/c1-8-11-14-16-17-18-22-26-34-41-56(79)97-72-71(100-73-62(85)60(83)59(82)54(46-77)94-73)67(99-74-64(87)69(96-57(80)43-42-51-36-30-28-31-37-51)66(49(6)90-74)95-55(78)40-33-24-15-12-9-2)50(7)91-76(72)98-65-47(4)45-53-68(63(65)86)88-44-35-27-23-20-19-21-25-32-39-52(38-29-13-10-3)92-75-70(93-53)61(84)58(81)48(5)89-75/h28,30-31,36-37,42-43,47-50,52-54,58-77,81-87H,8-27,29,32-35,38-41,44-46H2,1-7H3/b43-42+/t47-,48+,49-,50-,52-,53-,54+,58-,59+,60-,61-,62+,63+,64+,65+,66-,67-,68-,69-,70+,71+,72+,73-,74-,75-,76-/m0/s1. The van der Waals surface area contributed by atoms with Gasteiger partial charge in [0, 0.05) is 25.5 Å². The van der Waals surface area contributed by atoms with Crippen molar-refractivity contribution in [2.75, 3.05) is 13.2 Å². The molecule has 574 valence electrons. The minimum atomic E-state index is -2.00. The highest BCUT2D eigenvalue weighted by molar-refractivity contribution is 5.87. The highest BCUT2D eigenvalue weighted by Gasteiger charge is 2.58. The Kier molecular flexibility index (Phi) is 37.4. The second-order valence-corrected chi connectivity index (χ2v) is 28.9. The molecule has 5 saturated heterocycles. The van der Waals surface area contributed by atoms with Crippen LogP contribution in [0.5, 0.6) is 0 Å². The van der Waals surface area contributed by atoms with Crippen LogP contribution in [-0.2, 0) is 76.0 Å². The first kappa shape index (κ1) is 83.9. The maximum Gasteiger partial charge on any atom is 0.331 e. The van der Waals surface area contributed by atoms with E-state index in [1.54, 1.807) is 45.0 Å². The van der Waals surface area contributed by atoms with Gasteiger partial charge >= 0.3 is 17.9 Å². The number of unbranched alkanes of at least 4 members (excludes halogenated alkanes) is 14. The Balaban J connectivity index is 1.23. The van der Waals surface area contributed by atoms with Gasteiger partial charge in [-0.3, -0.25) is 9.59 Å². The van der Waals surface area contributed by atoms with Crippen LogP contribution < -0.4 is 0 Å². The molecule has 1 aromatic carbocycles. The minimum Gasteiger partial charge on any atom is -0.455 e. The molecule has 24 heteroatoms. The Morgan fingerprint density at radius 3 is 1.66 bits per heavy atom. The minimum absolute atomic E-state index is 0.0482.